The summed E-state index contributed by atoms with van der Waals surface area (Å²) < 4.78 is 0. The van der Waals surface area contributed by atoms with Crippen molar-refractivity contribution in [3.8, 4) is 0 Å². The van der Waals surface area contributed by atoms with E-state index in [1.54, 1.807) is 12.1 Å². The van der Waals surface area contributed by atoms with Crippen LogP contribution >= 0.6 is 0 Å². The highest BCUT2D eigenvalue weighted by Gasteiger charge is 2.05. The predicted octanol–water partition coefficient (Wildman–Crippen LogP) is 3.54. The molecular weight excluding hydrogens is 250 g/mol. The standard InChI is InChI=1S/C17H19NO2/c1-12-3-7-15(8-4-12)13(2)18-11-14-5-9-16(10-6-14)17(19)20/h3-10,13,18H,11H2,1-2H3,(H,19,20)/t13-/m1/s1. The number of hydrogen-bond acceptors (Lipinski definition) is 2. The summed E-state index contributed by atoms with van der Waals surface area (Å²) in [5.41, 5.74) is 3.90. The van der Waals surface area contributed by atoms with Crippen LogP contribution in [0.5, 0.6) is 0 Å². The highest BCUT2D eigenvalue weighted by Crippen LogP contribution is 2.14. The monoisotopic (exact) mass is 269 g/mol. The quantitative estimate of drug-likeness (QED) is 0.872. The molecule has 0 saturated heterocycles. The van der Waals surface area contributed by atoms with Gasteiger partial charge in [-0.3, -0.25) is 0 Å². The molecular formula is C17H19NO2. The number of aryl methyl sites for hydroxylation is 1. The van der Waals surface area contributed by atoms with E-state index in [-0.39, 0.29) is 6.04 Å². The summed E-state index contributed by atoms with van der Waals surface area (Å²) in [5.74, 6) is -0.891. The molecule has 20 heavy (non-hydrogen) atoms. The van der Waals surface area contributed by atoms with Gasteiger partial charge < -0.3 is 10.4 Å². The van der Waals surface area contributed by atoms with Crippen molar-refractivity contribution in [1.29, 1.82) is 0 Å². The van der Waals surface area contributed by atoms with Crippen LogP contribution in [0.3, 0.4) is 0 Å². The number of carbonyl (C=O) groups is 1. The Bertz CT molecular complexity index is 573. The lowest BCUT2D eigenvalue weighted by Crippen LogP contribution is -2.18. The van der Waals surface area contributed by atoms with Gasteiger partial charge in [0.05, 0.1) is 5.56 Å². The zero-order valence-electron chi connectivity index (χ0n) is 11.8. The smallest absolute Gasteiger partial charge is 0.335 e. The summed E-state index contributed by atoms with van der Waals surface area (Å²) in [6.07, 6.45) is 0. The Kier molecular flexibility index (Phi) is 4.53. The second-order valence-electron chi connectivity index (χ2n) is 5.02. The Morgan fingerprint density at radius 1 is 1.10 bits per heavy atom. The molecule has 0 amide bonds. The number of carboxylic acid groups (broad SMARTS) is 1. The summed E-state index contributed by atoms with van der Waals surface area (Å²) in [6, 6.07) is 15.7. The third-order valence-corrected chi connectivity index (χ3v) is 3.39. The Morgan fingerprint density at radius 2 is 1.70 bits per heavy atom. The summed E-state index contributed by atoms with van der Waals surface area (Å²) in [7, 11) is 0. The first-order chi connectivity index (χ1) is 9.56. The molecule has 2 rings (SSSR count). The van der Waals surface area contributed by atoms with E-state index >= 15 is 0 Å². The Morgan fingerprint density at radius 3 is 2.25 bits per heavy atom. The minimum Gasteiger partial charge on any atom is -0.478 e. The van der Waals surface area contributed by atoms with Crippen LogP contribution in [0, 0.1) is 6.92 Å². The number of nitrogens with one attached hydrogen (secondary N) is 1. The van der Waals surface area contributed by atoms with Crippen molar-refractivity contribution < 1.29 is 9.90 Å². The lowest BCUT2D eigenvalue weighted by atomic mass is 10.1. The second kappa shape index (κ2) is 6.35. The van der Waals surface area contributed by atoms with Gasteiger partial charge >= 0.3 is 5.97 Å². The third-order valence-electron chi connectivity index (χ3n) is 3.39. The summed E-state index contributed by atoms with van der Waals surface area (Å²) in [4.78, 5) is 10.8. The fraction of sp³-hybridized carbons (Fsp3) is 0.235. The SMILES string of the molecule is Cc1ccc([C@@H](C)NCc2ccc(C(=O)O)cc2)cc1. The average Bonchev–Trinajstić information content (AvgIpc) is 2.46. The number of hydrogen-bond donors (Lipinski definition) is 2. The summed E-state index contributed by atoms with van der Waals surface area (Å²) in [5, 5.41) is 12.3. The minimum atomic E-state index is -0.891. The van der Waals surface area contributed by atoms with E-state index in [1.807, 2.05) is 12.1 Å². The van der Waals surface area contributed by atoms with Gasteiger partial charge in [0.15, 0.2) is 0 Å². The molecule has 0 aliphatic rings. The van der Waals surface area contributed by atoms with Crippen LogP contribution in [0.2, 0.25) is 0 Å². The third kappa shape index (κ3) is 3.68. The molecule has 3 heteroatoms. The van der Waals surface area contributed by atoms with Crippen molar-refractivity contribution in [3.05, 3.63) is 70.8 Å². The van der Waals surface area contributed by atoms with Crippen molar-refractivity contribution in [2.24, 2.45) is 0 Å². The fourth-order valence-corrected chi connectivity index (χ4v) is 2.01. The van der Waals surface area contributed by atoms with Crippen LogP contribution in [-0.4, -0.2) is 11.1 Å². The highest BCUT2D eigenvalue weighted by molar-refractivity contribution is 5.87. The van der Waals surface area contributed by atoms with Crippen molar-refractivity contribution in [2.45, 2.75) is 26.4 Å². The molecule has 1 atom stereocenters. The maximum absolute atomic E-state index is 10.8. The van der Waals surface area contributed by atoms with E-state index in [9.17, 15) is 4.79 Å². The first kappa shape index (κ1) is 14.3. The predicted molar refractivity (Wildman–Crippen MR) is 79.8 cm³/mol. The molecule has 0 heterocycles. The number of carboxylic acids is 1. The van der Waals surface area contributed by atoms with E-state index in [2.05, 4.69) is 43.4 Å². The lowest BCUT2D eigenvalue weighted by Gasteiger charge is -2.14. The van der Waals surface area contributed by atoms with E-state index in [4.69, 9.17) is 5.11 Å². The van der Waals surface area contributed by atoms with Gasteiger partial charge in [-0.1, -0.05) is 42.0 Å². The van der Waals surface area contributed by atoms with Crippen LogP contribution in [0.15, 0.2) is 48.5 Å². The van der Waals surface area contributed by atoms with Gasteiger partial charge in [0.2, 0.25) is 0 Å². The van der Waals surface area contributed by atoms with E-state index in [1.165, 1.54) is 11.1 Å². The van der Waals surface area contributed by atoms with Crippen LogP contribution in [-0.2, 0) is 6.54 Å². The van der Waals surface area contributed by atoms with Crippen LogP contribution in [0.4, 0.5) is 0 Å². The van der Waals surface area contributed by atoms with Gasteiger partial charge in [-0.2, -0.15) is 0 Å². The molecule has 2 aromatic rings. The van der Waals surface area contributed by atoms with Crippen molar-refractivity contribution in [2.75, 3.05) is 0 Å². The van der Waals surface area contributed by atoms with Crippen LogP contribution in [0.25, 0.3) is 0 Å². The lowest BCUT2D eigenvalue weighted by molar-refractivity contribution is 0.0697. The zero-order chi connectivity index (χ0) is 14.5. The molecule has 0 aliphatic carbocycles. The van der Waals surface area contributed by atoms with Gasteiger partial charge in [0.25, 0.3) is 0 Å². The Hall–Kier alpha value is -2.13. The maximum Gasteiger partial charge on any atom is 0.335 e. The zero-order valence-corrected chi connectivity index (χ0v) is 11.8. The number of rotatable bonds is 5. The molecule has 0 unspecified atom stereocenters. The van der Waals surface area contributed by atoms with Gasteiger partial charge in [-0.05, 0) is 37.1 Å². The molecule has 3 nitrogen and oxygen atoms in total. The topological polar surface area (TPSA) is 49.3 Å². The van der Waals surface area contributed by atoms with E-state index in [0.717, 1.165) is 12.1 Å². The molecule has 2 aromatic carbocycles. The van der Waals surface area contributed by atoms with Gasteiger partial charge in [0, 0.05) is 12.6 Å². The minimum absolute atomic E-state index is 0.259. The Balaban J connectivity index is 1.94. The van der Waals surface area contributed by atoms with Crippen molar-refractivity contribution in [1.82, 2.24) is 5.32 Å². The first-order valence-corrected chi connectivity index (χ1v) is 6.68. The fourth-order valence-electron chi connectivity index (χ4n) is 2.01. The molecule has 0 aliphatic heterocycles. The van der Waals surface area contributed by atoms with Crippen LogP contribution < -0.4 is 5.32 Å². The van der Waals surface area contributed by atoms with E-state index in [0.29, 0.717) is 5.56 Å². The molecule has 2 N–H and O–H groups in total. The first-order valence-electron chi connectivity index (χ1n) is 6.68. The molecule has 0 bridgehead atoms. The molecule has 0 spiro atoms. The summed E-state index contributed by atoms with van der Waals surface area (Å²) in [6.45, 7) is 4.91. The largest absolute Gasteiger partial charge is 0.478 e. The van der Waals surface area contributed by atoms with Crippen molar-refractivity contribution >= 4 is 5.97 Å². The summed E-state index contributed by atoms with van der Waals surface area (Å²) >= 11 is 0. The van der Waals surface area contributed by atoms with Crippen molar-refractivity contribution in [3.63, 3.8) is 0 Å². The number of benzene rings is 2. The van der Waals surface area contributed by atoms with Gasteiger partial charge in [-0.15, -0.1) is 0 Å². The van der Waals surface area contributed by atoms with E-state index < -0.39 is 5.97 Å². The maximum atomic E-state index is 10.8. The van der Waals surface area contributed by atoms with Gasteiger partial charge in [0.1, 0.15) is 0 Å². The molecule has 0 saturated carbocycles. The second-order valence-corrected chi connectivity index (χ2v) is 5.02. The average molecular weight is 269 g/mol. The normalized spacial score (nSPS) is 12.1. The number of aromatic carboxylic acids is 1. The van der Waals surface area contributed by atoms with Gasteiger partial charge in [-0.25, -0.2) is 4.79 Å². The highest BCUT2D eigenvalue weighted by atomic mass is 16.4. The molecule has 0 fully saturated rings. The molecule has 0 aromatic heterocycles. The molecule has 0 radical (unpaired) electrons. The molecule has 104 valence electrons. The van der Waals surface area contributed by atoms with Crippen LogP contribution in [0.1, 0.15) is 40.0 Å². The Labute approximate surface area is 119 Å².